The summed E-state index contributed by atoms with van der Waals surface area (Å²) in [5, 5.41) is 9.32. The first-order valence-electron chi connectivity index (χ1n) is 26.0. The molecule has 4 aromatic carbocycles. The van der Waals surface area contributed by atoms with Gasteiger partial charge in [-0.05, 0) is 105 Å². The molecular weight excluding hydrogens is 1190 g/mol. The van der Waals surface area contributed by atoms with Gasteiger partial charge in [0, 0.05) is 79.1 Å². The van der Waals surface area contributed by atoms with E-state index in [2.05, 4.69) is 0 Å². The lowest BCUT2D eigenvalue weighted by Gasteiger charge is -2.31. The molecule has 0 saturated carbocycles. The number of benzene rings is 4. The van der Waals surface area contributed by atoms with Crippen LogP contribution in [0.3, 0.4) is 0 Å². The number of allylic oxidation sites excluding steroid dienone is 8. The summed E-state index contributed by atoms with van der Waals surface area (Å²) in [5.41, 5.74) is 0.498. The molecule has 0 fully saturated rings. The third-order valence-electron chi connectivity index (χ3n) is 14.4. The Kier molecular flexibility index (Phi) is 22.4. The molecule has 6 rings (SSSR count). The molecule has 0 amide bonds. The quantitative estimate of drug-likeness (QED) is 0.0125. The first-order valence-corrected chi connectivity index (χ1v) is 33.4. The number of anilines is 1. The highest BCUT2D eigenvalue weighted by molar-refractivity contribution is 7.87. The molecule has 0 aliphatic carbocycles. The van der Waals surface area contributed by atoms with Crippen LogP contribution in [-0.2, 0) is 89.9 Å². The van der Waals surface area contributed by atoms with E-state index in [-0.39, 0.29) is 80.2 Å². The Bertz CT molecular complexity index is 3820. The second-order valence-electron chi connectivity index (χ2n) is 20.1. The largest absolute Gasteiger partial charge is 0.481 e. The van der Waals surface area contributed by atoms with Crippen molar-refractivity contribution in [2.45, 2.75) is 89.2 Å². The van der Waals surface area contributed by atoms with Gasteiger partial charge in [-0.1, -0.05) is 42.9 Å². The van der Waals surface area contributed by atoms with E-state index in [1.807, 2.05) is 16.4 Å². The number of carboxylic acids is 1. The molecule has 0 radical (unpaired) electrons. The van der Waals surface area contributed by atoms with Crippen LogP contribution in [0, 0.1) is 0 Å². The number of hydrogen-bond donors (Lipinski definition) is 6. The van der Waals surface area contributed by atoms with Gasteiger partial charge in [-0.2, -0.15) is 46.7 Å². The summed E-state index contributed by atoms with van der Waals surface area (Å²) in [6, 6.07) is 9.51. The second kappa shape index (κ2) is 27.8. The Morgan fingerprint density at radius 2 is 1.10 bits per heavy atom. The molecule has 6 N–H and O–H groups in total. The molecule has 2 atom stereocenters. The van der Waals surface area contributed by atoms with E-state index in [1.54, 1.807) is 68.7 Å². The summed E-state index contributed by atoms with van der Waals surface area (Å²) in [6.07, 6.45) is 13.2. The Balaban J connectivity index is 1.44. The van der Waals surface area contributed by atoms with Gasteiger partial charge in [0.05, 0.1) is 60.6 Å². The minimum atomic E-state index is -5.10. The van der Waals surface area contributed by atoms with E-state index in [0.717, 1.165) is 12.1 Å². The van der Waals surface area contributed by atoms with Crippen molar-refractivity contribution < 1.29 is 103 Å². The SMILES string of the molecule is COCCOCCOCCOCCC1(C)\C(=C/C=C/C=C/C=C/C2=[N+](CCOC)c3ccc4c(S(=O)(=O)O)cc(S(=O)(=O)O)cc4c3C2(C)CCCS(=O)(=O)O)N(CCCCCC(=O)O)c2ccc3c(S(=O)(=O)O)cc(S(=O)(=O)O)cc3c21. The van der Waals surface area contributed by atoms with Gasteiger partial charge < -0.3 is 33.7 Å². The third-order valence-corrected chi connectivity index (χ3v) is 18.6. The molecule has 0 bridgehead atoms. The van der Waals surface area contributed by atoms with E-state index < -0.39 is 92.7 Å². The lowest BCUT2D eigenvalue weighted by Crippen LogP contribution is -2.32. The highest BCUT2D eigenvalue weighted by atomic mass is 32.2. The first-order chi connectivity index (χ1) is 38.9. The third kappa shape index (κ3) is 16.6. The zero-order valence-electron chi connectivity index (χ0n) is 46.0. The second-order valence-corrected chi connectivity index (χ2v) is 27.2. The summed E-state index contributed by atoms with van der Waals surface area (Å²) < 4.78 is 206. The number of carbonyl (C=O) groups is 1. The van der Waals surface area contributed by atoms with E-state index >= 15 is 0 Å². The lowest BCUT2D eigenvalue weighted by atomic mass is 9.74. The summed E-state index contributed by atoms with van der Waals surface area (Å²) in [6.45, 7) is 6.12. The molecule has 456 valence electrons. The van der Waals surface area contributed by atoms with E-state index in [1.165, 1.54) is 19.2 Å². The van der Waals surface area contributed by atoms with Crippen molar-refractivity contribution in [1.29, 1.82) is 0 Å². The van der Waals surface area contributed by atoms with Crippen molar-refractivity contribution in [2.24, 2.45) is 0 Å². The van der Waals surface area contributed by atoms with Gasteiger partial charge in [0.1, 0.15) is 16.4 Å². The van der Waals surface area contributed by atoms with E-state index in [9.17, 15) is 74.8 Å². The number of ether oxygens (including phenoxy) is 5. The highest BCUT2D eigenvalue weighted by Crippen LogP contribution is 2.54. The van der Waals surface area contributed by atoms with Crippen molar-refractivity contribution in [3.05, 3.63) is 108 Å². The van der Waals surface area contributed by atoms with Gasteiger partial charge in [-0.15, -0.1) is 0 Å². The minimum Gasteiger partial charge on any atom is -0.481 e. The van der Waals surface area contributed by atoms with Crippen molar-refractivity contribution in [2.75, 3.05) is 90.8 Å². The number of aliphatic carboxylic acids is 1. The van der Waals surface area contributed by atoms with Crippen molar-refractivity contribution in [3.63, 3.8) is 0 Å². The van der Waals surface area contributed by atoms with Crippen LogP contribution in [-0.4, -0.2) is 172 Å². The molecule has 83 heavy (non-hydrogen) atoms. The molecule has 0 saturated heterocycles. The van der Waals surface area contributed by atoms with Gasteiger partial charge in [0.25, 0.3) is 50.6 Å². The normalized spacial score (nSPS) is 18.6. The number of hydrogen-bond acceptors (Lipinski definition) is 17. The Morgan fingerprint density at radius 3 is 1.64 bits per heavy atom. The van der Waals surface area contributed by atoms with Crippen LogP contribution in [0.5, 0.6) is 0 Å². The van der Waals surface area contributed by atoms with Gasteiger partial charge >= 0.3 is 5.97 Å². The van der Waals surface area contributed by atoms with Crippen LogP contribution in [0.4, 0.5) is 11.4 Å². The molecule has 0 aromatic heterocycles. The molecule has 4 aromatic rings. The maximum Gasteiger partial charge on any atom is 0.303 e. The standard InChI is InChI=1S/C54H68N2O22S5/c1-53(21-13-33-79(59,60)61)48(56(24-26-74-3)45-20-18-40-42(51(45)53)34-38(80(62,63)64)36-46(40)82(68,69)70)14-9-6-5-7-10-15-49-54(2,22-25-76-29-30-78-32-31-77-28-27-75-4)52-43-35-39(81(65,66)67)37-47(83(71,72)73)41(43)17-19-44(52)55(49)23-12-8-11-16-50(57)58/h5-7,9-10,14-15,17-20,34-37H,8,11-13,16,21-33H2,1-4H3,(H5-,57,58,59,60,61,62,63,64,65,66,67,68,69,70,71,72,73)/p+1. The zero-order valence-corrected chi connectivity index (χ0v) is 50.1. The predicted octanol–water partition coefficient (Wildman–Crippen LogP) is 6.71. The number of methoxy groups -OCH3 is 2. The fraction of sp³-hybridized carbons (Fsp3) is 0.444. The predicted molar refractivity (Wildman–Crippen MR) is 307 cm³/mol. The fourth-order valence-electron chi connectivity index (χ4n) is 10.7. The first kappa shape index (κ1) is 66.8. The van der Waals surface area contributed by atoms with Crippen LogP contribution in [0.15, 0.2) is 116 Å². The van der Waals surface area contributed by atoms with Crippen molar-refractivity contribution in [1.82, 2.24) is 0 Å². The topological polar surface area (TPSA) is 362 Å². The average molecular weight is 1260 g/mol. The van der Waals surface area contributed by atoms with Crippen LogP contribution < -0.4 is 4.90 Å². The number of unbranched alkanes of at least 4 members (excludes halogenated alkanes) is 2. The fourth-order valence-corrected chi connectivity index (χ4v) is 13.9. The molecule has 2 heterocycles. The molecule has 24 nitrogen and oxygen atoms in total. The van der Waals surface area contributed by atoms with Crippen LogP contribution in [0.25, 0.3) is 21.5 Å². The molecule has 2 aliphatic rings. The van der Waals surface area contributed by atoms with E-state index in [4.69, 9.17) is 23.7 Å². The lowest BCUT2D eigenvalue weighted by molar-refractivity contribution is -0.441. The average Bonchev–Trinajstić information content (AvgIpc) is 3.84. The summed E-state index contributed by atoms with van der Waals surface area (Å²) in [4.78, 5) is 10.2. The molecule has 29 heteroatoms. The van der Waals surface area contributed by atoms with Crippen molar-refractivity contribution in [3.8, 4) is 0 Å². The maximum absolute atomic E-state index is 12.9. The maximum atomic E-state index is 12.9. The summed E-state index contributed by atoms with van der Waals surface area (Å²) >= 11 is 0. The summed E-state index contributed by atoms with van der Waals surface area (Å²) in [7, 11) is -21.7. The molecule has 0 spiro atoms. The molecule has 2 aliphatic heterocycles. The Morgan fingerprint density at radius 1 is 0.566 bits per heavy atom. The smallest absolute Gasteiger partial charge is 0.303 e. The number of nitrogens with zero attached hydrogens (tertiary/aromatic N) is 2. The Hall–Kier alpha value is -5.35. The number of rotatable bonds is 33. The highest BCUT2D eigenvalue weighted by Gasteiger charge is 2.49. The molecular formula is C54H69N2O22S5+. The van der Waals surface area contributed by atoms with Crippen LogP contribution in [0.1, 0.15) is 69.9 Å². The molecule has 2 unspecified atom stereocenters. The van der Waals surface area contributed by atoms with Crippen molar-refractivity contribution >= 4 is 95.2 Å². The van der Waals surface area contributed by atoms with Gasteiger partial charge in [-0.25, -0.2) is 0 Å². The van der Waals surface area contributed by atoms with Gasteiger partial charge in [-0.3, -0.25) is 27.6 Å². The van der Waals surface area contributed by atoms with Gasteiger partial charge in [0.15, 0.2) is 12.3 Å². The number of fused-ring (bicyclic) bond motifs is 6. The van der Waals surface area contributed by atoms with E-state index in [0.29, 0.717) is 98.3 Å². The van der Waals surface area contributed by atoms with Gasteiger partial charge in [0.2, 0.25) is 5.69 Å². The van der Waals surface area contributed by atoms with Crippen LogP contribution >= 0.6 is 0 Å². The summed E-state index contributed by atoms with van der Waals surface area (Å²) in [5.74, 6) is -1.63. The Labute approximate surface area is 483 Å². The minimum absolute atomic E-state index is 0.00852. The van der Waals surface area contributed by atoms with Crippen LogP contribution in [0.2, 0.25) is 0 Å². The number of carboxylic acid groups (broad SMARTS) is 1. The zero-order chi connectivity index (χ0) is 61.2. The monoisotopic (exact) mass is 1260 g/mol.